The van der Waals surface area contributed by atoms with Crippen molar-refractivity contribution in [1.82, 2.24) is 0 Å². The molecule has 1 fully saturated rings. The smallest absolute Gasteiger partial charge is 0.160 e. The molecule has 1 saturated carbocycles. The number of benzene rings is 1. The van der Waals surface area contributed by atoms with E-state index in [2.05, 4.69) is 24.3 Å². The molecule has 0 radical (unpaired) electrons. The number of carbonyl (C=O) groups is 1. The maximum atomic E-state index is 12.4. The van der Waals surface area contributed by atoms with E-state index in [0.29, 0.717) is 17.6 Å². The van der Waals surface area contributed by atoms with E-state index < -0.39 is 0 Å². The molecule has 0 bridgehead atoms. The van der Waals surface area contributed by atoms with Crippen molar-refractivity contribution in [2.45, 2.75) is 44.9 Å². The Bertz CT molecular complexity index is 561. The Kier molecular flexibility index (Phi) is 2.61. The molecule has 0 spiro atoms. The molecule has 1 aromatic carbocycles. The van der Waals surface area contributed by atoms with Crippen LogP contribution in [0.4, 0.5) is 0 Å². The number of ketones is 1. The number of hydrogen-bond acceptors (Lipinski definition) is 1. The molecule has 0 aliphatic heterocycles. The van der Waals surface area contributed by atoms with Crippen molar-refractivity contribution in [2.24, 2.45) is 11.8 Å². The Hall–Kier alpha value is -1.37. The molecule has 19 heavy (non-hydrogen) atoms. The number of hydrogen-bond donors (Lipinski definition) is 0. The molecule has 0 unspecified atom stereocenters. The molecule has 0 amide bonds. The first kappa shape index (κ1) is 11.5. The molecule has 1 aromatic rings. The Morgan fingerprint density at radius 1 is 0.842 bits per heavy atom. The van der Waals surface area contributed by atoms with Crippen LogP contribution in [0.15, 0.2) is 29.8 Å². The van der Waals surface area contributed by atoms with Crippen LogP contribution in [0.2, 0.25) is 0 Å². The van der Waals surface area contributed by atoms with Crippen LogP contribution in [0.5, 0.6) is 0 Å². The van der Waals surface area contributed by atoms with Crippen LogP contribution in [0.25, 0.3) is 5.57 Å². The summed E-state index contributed by atoms with van der Waals surface area (Å²) < 4.78 is 0. The third-order valence-electron chi connectivity index (χ3n) is 5.22. The highest BCUT2D eigenvalue weighted by Gasteiger charge is 2.40. The molecule has 1 nitrogen and oxygen atoms in total. The van der Waals surface area contributed by atoms with Crippen LogP contribution in [0, 0.1) is 11.8 Å². The predicted molar refractivity (Wildman–Crippen MR) is 76.8 cm³/mol. The van der Waals surface area contributed by atoms with Crippen LogP contribution in [-0.2, 0) is 11.2 Å². The van der Waals surface area contributed by atoms with E-state index in [1.807, 2.05) is 0 Å². The van der Waals surface area contributed by atoms with Gasteiger partial charge in [-0.25, -0.2) is 0 Å². The summed E-state index contributed by atoms with van der Waals surface area (Å²) >= 11 is 0. The normalized spacial score (nSPS) is 26.7. The van der Waals surface area contributed by atoms with Gasteiger partial charge in [0.05, 0.1) is 0 Å². The minimum atomic E-state index is 0.460. The van der Waals surface area contributed by atoms with Gasteiger partial charge in [0, 0.05) is 12.0 Å². The highest BCUT2D eigenvalue weighted by molar-refractivity contribution is 6.09. The summed E-state index contributed by atoms with van der Waals surface area (Å²) in [4.78, 5) is 12.4. The molecule has 98 valence electrons. The van der Waals surface area contributed by atoms with Gasteiger partial charge in [-0.1, -0.05) is 43.5 Å². The molecule has 0 aromatic heterocycles. The molecule has 0 heterocycles. The van der Waals surface area contributed by atoms with E-state index in [9.17, 15) is 4.79 Å². The van der Waals surface area contributed by atoms with Gasteiger partial charge in [-0.3, -0.25) is 4.79 Å². The first-order chi connectivity index (χ1) is 9.34. The van der Waals surface area contributed by atoms with Crippen LogP contribution >= 0.6 is 0 Å². The topological polar surface area (TPSA) is 17.1 Å². The Morgan fingerprint density at radius 2 is 1.63 bits per heavy atom. The predicted octanol–water partition coefficient (Wildman–Crippen LogP) is 4.17. The van der Waals surface area contributed by atoms with E-state index in [0.717, 1.165) is 12.8 Å². The first-order valence-electron chi connectivity index (χ1n) is 7.70. The number of fused-ring (bicyclic) bond motifs is 3. The number of carbonyl (C=O) groups excluding carboxylic acids is 1. The second-order valence-electron chi connectivity index (χ2n) is 6.35. The van der Waals surface area contributed by atoms with Crippen molar-refractivity contribution in [3.63, 3.8) is 0 Å². The zero-order valence-corrected chi connectivity index (χ0v) is 11.3. The molecule has 1 heteroatoms. The van der Waals surface area contributed by atoms with Crippen LogP contribution in [0.3, 0.4) is 0 Å². The summed E-state index contributed by atoms with van der Waals surface area (Å²) in [5, 5.41) is 0. The van der Waals surface area contributed by atoms with Gasteiger partial charge < -0.3 is 0 Å². The quantitative estimate of drug-likeness (QED) is 0.733. The average Bonchev–Trinajstić information content (AvgIpc) is 2.94. The van der Waals surface area contributed by atoms with Crippen molar-refractivity contribution in [1.29, 1.82) is 0 Å². The molecular weight excluding hydrogens is 232 g/mol. The zero-order valence-electron chi connectivity index (χ0n) is 11.3. The van der Waals surface area contributed by atoms with Crippen LogP contribution in [0.1, 0.15) is 49.7 Å². The van der Waals surface area contributed by atoms with Crippen molar-refractivity contribution >= 4 is 11.4 Å². The standard InChI is InChI=1S/C18H20O/c19-16-11-14-10-13-8-4-5-9-15(13)17(14)18(16)12-6-2-1-3-7-12/h4-5,8-9,12,14H,1-3,6-7,10-11H2/t14-/m0/s1. The van der Waals surface area contributed by atoms with Crippen molar-refractivity contribution in [2.75, 3.05) is 0 Å². The molecule has 0 N–H and O–H groups in total. The van der Waals surface area contributed by atoms with E-state index >= 15 is 0 Å². The maximum Gasteiger partial charge on any atom is 0.160 e. The highest BCUT2D eigenvalue weighted by atomic mass is 16.1. The number of allylic oxidation sites excluding steroid dienone is 2. The zero-order chi connectivity index (χ0) is 12.8. The van der Waals surface area contributed by atoms with Gasteiger partial charge in [-0.15, -0.1) is 0 Å². The fourth-order valence-electron chi connectivity index (χ4n) is 4.41. The SMILES string of the molecule is O=C1C[C@@H]2Cc3ccccc3C2=C1C1CCCCC1. The lowest BCUT2D eigenvalue weighted by molar-refractivity contribution is -0.115. The number of Topliss-reactive ketones (excluding diaryl/α,β-unsaturated/α-hetero) is 1. The van der Waals surface area contributed by atoms with Gasteiger partial charge >= 0.3 is 0 Å². The van der Waals surface area contributed by atoms with Gasteiger partial charge in [-0.2, -0.15) is 0 Å². The molecule has 0 saturated heterocycles. The summed E-state index contributed by atoms with van der Waals surface area (Å²) in [6.07, 6.45) is 8.30. The van der Waals surface area contributed by atoms with Gasteiger partial charge in [0.15, 0.2) is 5.78 Å². The van der Waals surface area contributed by atoms with E-state index in [1.165, 1.54) is 54.4 Å². The molecule has 4 rings (SSSR count). The first-order valence-corrected chi connectivity index (χ1v) is 7.70. The average molecular weight is 252 g/mol. The molecule has 3 aliphatic carbocycles. The van der Waals surface area contributed by atoms with E-state index in [-0.39, 0.29) is 0 Å². The summed E-state index contributed by atoms with van der Waals surface area (Å²) in [7, 11) is 0. The lowest BCUT2D eigenvalue weighted by Crippen LogP contribution is -2.14. The Morgan fingerprint density at radius 3 is 2.47 bits per heavy atom. The number of rotatable bonds is 1. The largest absolute Gasteiger partial charge is 0.295 e. The fraction of sp³-hybridized carbons (Fsp3) is 0.500. The van der Waals surface area contributed by atoms with E-state index in [4.69, 9.17) is 0 Å². The maximum absolute atomic E-state index is 12.4. The fourth-order valence-corrected chi connectivity index (χ4v) is 4.41. The third kappa shape index (κ3) is 1.71. The lowest BCUT2D eigenvalue weighted by Gasteiger charge is -2.23. The van der Waals surface area contributed by atoms with Crippen LogP contribution in [-0.4, -0.2) is 5.78 Å². The van der Waals surface area contributed by atoms with Gasteiger partial charge in [-0.05, 0) is 47.8 Å². The van der Waals surface area contributed by atoms with E-state index in [1.54, 1.807) is 0 Å². The third-order valence-corrected chi connectivity index (χ3v) is 5.22. The highest BCUT2D eigenvalue weighted by Crippen LogP contribution is 2.49. The second-order valence-corrected chi connectivity index (χ2v) is 6.35. The Balaban J connectivity index is 1.82. The Labute approximate surface area is 114 Å². The second kappa shape index (κ2) is 4.33. The summed E-state index contributed by atoms with van der Waals surface area (Å²) in [5.41, 5.74) is 5.52. The minimum Gasteiger partial charge on any atom is -0.295 e. The summed E-state index contributed by atoms with van der Waals surface area (Å²) in [6.45, 7) is 0. The van der Waals surface area contributed by atoms with Gasteiger partial charge in [0.25, 0.3) is 0 Å². The molecule has 1 atom stereocenters. The molecular formula is C18H20O. The van der Waals surface area contributed by atoms with Gasteiger partial charge in [0.2, 0.25) is 0 Å². The van der Waals surface area contributed by atoms with Crippen molar-refractivity contribution in [3.8, 4) is 0 Å². The van der Waals surface area contributed by atoms with Crippen molar-refractivity contribution in [3.05, 3.63) is 41.0 Å². The minimum absolute atomic E-state index is 0.460. The summed E-state index contributed by atoms with van der Waals surface area (Å²) in [6, 6.07) is 8.72. The van der Waals surface area contributed by atoms with Crippen molar-refractivity contribution < 1.29 is 4.79 Å². The summed E-state index contributed by atoms with van der Waals surface area (Å²) in [5.74, 6) is 1.52. The van der Waals surface area contributed by atoms with Gasteiger partial charge in [0.1, 0.15) is 0 Å². The molecule has 3 aliphatic rings. The lowest BCUT2D eigenvalue weighted by atomic mass is 9.81. The van der Waals surface area contributed by atoms with Crippen LogP contribution < -0.4 is 0 Å². The monoisotopic (exact) mass is 252 g/mol.